The summed E-state index contributed by atoms with van der Waals surface area (Å²) in [5.74, 6) is -4.61. The number of benzene rings is 2. The van der Waals surface area contributed by atoms with Gasteiger partial charge >= 0.3 is 0 Å². The molecule has 0 radical (unpaired) electrons. The first-order valence-electron chi connectivity index (χ1n) is 12.6. The van der Waals surface area contributed by atoms with Crippen LogP contribution in [0.3, 0.4) is 0 Å². The van der Waals surface area contributed by atoms with Gasteiger partial charge in [0.2, 0.25) is 17.6 Å². The molecular formula is C27H22ClF4N6O3S-. The Balaban J connectivity index is 1.47. The van der Waals surface area contributed by atoms with Gasteiger partial charge in [0.1, 0.15) is 12.0 Å². The van der Waals surface area contributed by atoms with E-state index in [-0.39, 0.29) is 42.0 Å². The van der Waals surface area contributed by atoms with Crippen LogP contribution in [0, 0.1) is 17.5 Å². The number of rotatable bonds is 9. The average Bonchev–Trinajstić information content (AvgIpc) is 2.97. The molecule has 1 aliphatic rings. The number of nitrogens with one attached hydrogen (secondary N) is 3. The molecule has 9 nitrogen and oxygen atoms in total. The fourth-order valence-corrected chi connectivity index (χ4v) is 5.21. The molecule has 4 aromatic rings. The standard InChI is InChI=1S/C27H23ClF4N6O3S/c28-19-11-18(24(38-42(39)40)16-4-1-2-6-20(16)30)22(31)23(32)25(19)41-26-17(5-3-8-34-26)21-7-9-35-27(37-21)36-15-10-14(29)12-33-13-15/h1-9,11,14-15,24,33,38H,10,12-13H2,(H,39,40)(H,35,36,37)/p-1/t14-,15-,24?/m0/s1. The van der Waals surface area contributed by atoms with E-state index >= 15 is 8.78 Å². The maximum Gasteiger partial charge on any atom is 0.228 e. The topological polar surface area (TPSA) is 124 Å². The Kier molecular flexibility index (Phi) is 9.28. The Morgan fingerprint density at radius 3 is 2.62 bits per heavy atom. The van der Waals surface area contributed by atoms with Gasteiger partial charge in [0.05, 0.1) is 22.3 Å². The van der Waals surface area contributed by atoms with Crippen molar-refractivity contribution >= 4 is 28.8 Å². The summed E-state index contributed by atoms with van der Waals surface area (Å²) in [5, 5.41) is 5.62. The lowest BCUT2D eigenvalue weighted by molar-refractivity contribution is 0.254. The summed E-state index contributed by atoms with van der Waals surface area (Å²) < 4.78 is 89.7. The van der Waals surface area contributed by atoms with Crippen LogP contribution in [0.5, 0.6) is 11.6 Å². The lowest BCUT2D eigenvalue weighted by Gasteiger charge is -2.26. The predicted molar refractivity (Wildman–Crippen MR) is 147 cm³/mol. The third-order valence-corrected chi connectivity index (χ3v) is 7.13. The lowest BCUT2D eigenvalue weighted by Crippen LogP contribution is -2.44. The van der Waals surface area contributed by atoms with Crippen LogP contribution in [0.15, 0.2) is 60.9 Å². The minimum absolute atomic E-state index is 0.178. The maximum absolute atomic E-state index is 15.5. The number of piperidine rings is 1. The summed E-state index contributed by atoms with van der Waals surface area (Å²) in [7, 11) is 0. The highest BCUT2D eigenvalue weighted by Gasteiger charge is 2.28. The van der Waals surface area contributed by atoms with E-state index in [1.807, 2.05) is 4.72 Å². The Morgan fingerprint density at radius 2 is 1.86 bits per heavy atom. The molecule has 42 heavy (non-hydrogen) atoms. The van der Waals surface area contributed by atoms with Crippen LogP contribution in [0.4, 0.5) is 23.5 Å². The second-order valence-corrected chi connectivity index (χ2v) is 10.4. The molecule has 5 rings (SSSR count). The van der Waals surface area contributed by atoms with Crippen molar-refractivity contribution in [2.75, 3.05) is 18.4 Å². The van der Waals surface area contributed by atoms with Crippen molar-refractivity contribution in [1.82, 2.24) is 25.0 Å². The van der Waals surface area contributed by atoms with Crippen molar-refractivity contribution in [1.29, 1.82) is 0 Å². The average molecular weight is 622 g/mol. The van der Waals surface area contributed by atoms with Gasteiger partial charge in [0.15, 0.2) is 11.6 Å². The number of alkyl halides is 1. The highest BCUT2D eigenvalue weighted by Crippen LogP contribution is 2.40. The molecule has 2 aromatic heterocycles. The normalized spacial score (nSPS) is 18.3. The molecule has 220 valence electrons. The first-order chi connectivity index (χ1) is 20.2. The molecule has 1 saturated heterocycles. The summed E-state index contributed by atoms with van der Waals surface area (Å²) in [6, 6.07) is 8.80. The fraction of sp³-hybridized carbons (Fsp3) is 0.222. The van der Waals surface area contributed by atoms with Crippen molar-refractivity contribution in [3.63, 3.8) is 0 Å². The molecule has 0 bridgehead atoms. The van der Waals surface area contributed by atoms with E-state index in [9.17, 15) is 17.5 Å². The minimum atomic E-state index is -2.97. The van der Waals surface area contributed by atoms with Gasteiger partial charge < -0.3 is 19.9 Å². The molecule has 1 fully saturated rings. The number of anilines is 1. The Morgan fingerprint density at radius 1 is 1.05 bits per heavy atom. The minimum Gasteiger partial charge on any atom is -0.760 e. The van der Waals surface area contributed by atoms with Crippen LogP contribution < -0.4 is 20.1 Å². The third-order valence-electron chi connectivity index (χ3n) is 6.42. The summed E-state index contributed by atoms with van der Waals surface area (Å²) >= 11 is 3.33. The number of hydrogen-bond acceptors (Lipinski definition) is 8. The van der Waals surface area contributed by atoms with E-state index < -0.39 is 57.3 Å². The molecule has 0 spiro atoms. The van der Waals surface area contributed by atoms with Crippen LogP contribution in [0.2, 0.25) is 5.02 Å². The van der Waals surface area contributed by atoms with Gasteiger partial charge in [-0.15, -0.1) is 0 Å². The van der Waals surface area contributed by atoms with E-state index in [1.54, 1.807) is 18.2 Å². The Hall–Kier alpha value is -3.69. The van der Waals surface area contributed by atoms with Gasteiger partial charge in [0.25, 0.3) is 0 Å². The van der Waals surface area contributed by atoms with Crippen molar-refractivity contribution in [2.24, 2.45) is 0 Å². The maximum atomic E-state index is 15.5. The van der Waals surface area contributed by atoms with Crippen LogP contribution in [-0.2, 0) is 11.3 Å². The number of ether oxygens (including phenoxy) is 1. The largest absolute Gasteiger partial charge is 0.760 e. The zero-order chi connectivity index (χ0) is 29.8. The third kappa shape index (κ3) is 6.68. The Bertz CT molecular complexity index is 1620. The molecule has 2 aromatic carbocycles. The molecule has 4 atom stereocenters. The summed E-state index contributed by atoms with van der Waals surface area (Å²) in [6.45, 7) is 0.793. The number of halogens is 5. The number of hydrogen-bond donors (Lipinski definition) is 3. The molecule has 0 amide bonds. The number of pyridine rings is 1. The van der Waals surface area contributed by atoms with E-state index in [4.69, 9.17) is 16.3 Å². The van der Waals surface area contributed by atoms with Crippen molar-refractivity contribution < 1.29 is 31.1 Å². The van der Waals surface area contributed by atoms with E-state index in [2.05, 4.69) is 25.6 Å². The Labute approximate surface area is 245 Å². The number of aromatic nitrogens is 3. The van der Waals surface area contributed by atoms with Gasteiger partial charge in [0, 0.05) is 60.3 Å². The zero-order valence-electron chi connectivity index (χ0n) is 21.5. The van der Waals surface area contributed by atoms with Crippen LogP contribution in [0.25, 0.3) is 11.3 Å². The second-order valence-electron chi connectivity index (χ2n) is 9.27. The van der Waals surface area contributed by atoms with E-state index in [0.29, 0.717) is 12.2 Å². The van der Waals surface area contributed by atoms with Gasteiger partial charge in [-0.05, 0) is 30.3 Å². The van der Waals surface area contributed by atoms with Crippen molar-refractivity contribution in [3.8, 4) is 22.9 Å². The van der Waals surface area contributed by atoms with Gasteiger partial charge in [-0.25, -0.2) is 32.8 Å². The highest BCUT2D eigenvalue weighted by molar-refractivity contribution is 7.77. The van der Waals surface area contributed by atoms with Crippen LogP contribution in [0.1, 0.15) is 23.6 Å². The van der Waals surface area contributed by atoms with Crippen LogP contribution >= 0.6 is 11.6 Å². The van der Waals surface area contributed by atoms with Crippen molar-refractivity contribution in [2.45, 2.75) is 24.7 Å². The molecule has 3 N–H and O–H groups in total. The van der Waals surface area contributed by atoms with Gasteiger partial charge in [-0.3, -0.25) is 4.21 Å². The molecule has 0 aliphatic carbocycles. The van der Waals surface area contributed by atoms with E-state index in [1.165, 1.54) is 30.6 Å². The van der Waals surface area contributed by atoms with Crippen molar-refractivity contribution in [3.05, 3.63) is 94.5 Å². The fourth-order valence-electron chi connectivity index (χ4n) is 4.52. The smallest absolute Gasteiger partial charge is 0.228 e. The van der Waals surface area contributed by atoms with Gasteiger partial charge in [-0.1, -0.05) is 29.8 Å². The first-order valence-corrected chi connectivity index (χ1v) is 14.0. The molecule has 0 saturated carbocycles. The molecule has 2 unspecified atom stereocenters. The molecule has 3 heterocycles. The second kappa shape index (κ2) is 13.1. The van der Waals surface area contributed by atoms with Gasteiger partial charge in [-0.2, -0.15) is 4.39 Å². The molecular weight excluding hydrogens is 600 g/mol. The zero-order valence-corrected chi connectivity index (χ0v) is 23.1. The molecule has 1 aliphatic heterocycles. The summed E-state index contributed by atoms with van der Waals surface area (Å²) in [5.41, 5.74) is -0.234. The quantitative estimate of drug-likeness (QED) is 0.136. The predicted octanol–water partition coefficient (Wildman–Crippen LogP) is 4.99. The highest BCUT2D eigenvalue weighted by atomic mass is 35.5. The monoisotopic (exact) mass is 621 g/mol. The van der Waals surface area contributed by atoms with Crippen LogP contribution in [-0.4, -0.2) is 49.0 Å². The summed E-state index contributed by atoms with van der Waals surface area (Å²) in [4.78, 5) is 12.7. The van der Waals surface area contributed by atoms with E-state index in [0.717, 1.165) is 12.1 Å². The number of nitrogens with zero attached hydrogens (tertiary/aromatic N) is 3. The lowest BCUT2D eigenvalue weighted by atomic mass is 9.98. The first kappa shape index (κ1) is 29.8. The SMILES string of the molecule is O=S([O-])NC(c1ccccc1F)c1cc(Cl)c(Oc2ncccc2-c2ccnc(N[C@@H]3CNC[C@@H](F)C3)n2)c(F)c1F. The summed E-state index contributed by atoms with van der Waals surface area (Å²) in [6.07, 6.45) is 2.08. The molecule has 15 heteroatoms.